The Morgan fingerprint density at radius 3 is 2.68 bits per heavy atom. The van der Waals surface area contributed by atoms with E-state index < -0.39 is 0 Å². The zero-order valence-corrected chi connectivity index (χ0v) is 16.5. The number of nitrogens with zero attached hydrogens (tertiary/aromatic N) is 4. The Kier molecular flexibility index (Phi) is 4.71. The van der Waals surface area contributed by atoms with Crippen LogP contribution in [0.15, 0.2) is 36.7 Å². The van der Waals surface area contributed by atoms with Gasteiger partial charge in [0, 0.05) is 47.4 Å². The number of carbonyl (C=O) groups excluding carboxylic acids is 2. The van der Waals surface area contributed by atoms with Crippen molar-refractivity contribution in [1.29, 1.82) is 0 Å². The summed E-state index contributed by atoms with van der Waals surface area (Å²) in [7, 11) is 0. The molecular weight excluding hydrogens is 352 g/mol. The maximum Gasteiger partial charge on any atom is 0.246 e. The summed E-state index contributed by atoms with van der Waals surface area (Å²) in [4.78, 5) is 36.3. The first-order valence-corrected chi connectivity index (χ1v) is 9.76. The summed E-state index contributed by atoms with van der Waals surface area (Å²) in [5.41, 5.74) is 3.53. The van der Waals surface area contributed by atoms with Gasteiger partial charge >= 0.3 is 0 Å². The van der Waals surface area contributed by atoms with Crippen LogP contribution in [0.5, 0.6) is 0 Å². The minimum absolute atomic E-state index is 0.00759. The third-order valence-corrected chi connectivity index (χ3v) is 5.46. The fourth-order valence-corrected chi connectivity index (χ4v) is 3.97. The van der Waals surface area contributed by atoms with Gasteiger partial charge in [-0.3, -0.25) is 9.59 Å². The molecule has 0 aliphatic carbocycles. The zero-order valence-electron chi connectivity index (χ0n) is 16.5. The number of benzene rings is 1. The molecule has 0 N–H and O–H groups in total. The lowest BCUT2D eigenvalue weighted by atomic mass is 10.1. The third kappa shape index (κ3) is 2.99. The summed E-state index contributed by atoms with van der Waals surface area (Å²) < 4.78 is 1.96. The molecule has 4 rings (SSSR count). The lowest BCUT2D eigenvalue weighted by Crippen LogP contribution is -2.33. The van der Waals surface area contributed by atoms with Crippen molar-refractivity contribution in [2.24, 2.45) is 0 Å². The molecule has 1 atom stereocenters. The number of aryl methyl sites for hydroxylation is 1. The van der Waals surface area contributed by atoms with Crippen molar-refractivity contribution in [2.75, 3.05) is 0 Å². The van der Waals surface area contributed by atoms with Gasteiger partial charge in [0.15, 0.2) is 5.78 Å². The van der Waals surface area contributed by atoms with Crippen molar-refractivity contribution in [3.63, 3.8) is 0 Å². The van der Waals surface area contributed by atoms with Gasteiger partial charge in [-0.25, -0.2) is 9.97 Å². The molecule has 0 saturated heterocycles. The zero-order chi connectivity index (χ0) is 19.8. The number of hydrogen-bond donors (Lipinski definition) is 0. The summed E-state index contributed by atoms with van der Waals surface area (Å²) in [5.74, 6) is 0.866. The Labute approximate surface area is 164 Å². The molecule has 0 radical (unpaired) electrons. The van der Waals surface area contributed by atoms with Crippen LogP contribution in [-0.4, -0.2) is 31.1 Å². The lowest BCUT2D eigenvalue weighted by Gasteiger charge is -2.24. The highest BCUT2D eigenvalue weighted by molar-refractivity contribution is 6.07. The van der Waals surface area contributed by atoms with E-state index in [2.05, 4.69) is 9.97 Å². The predicted molar refractivity (Wildman–Crippen MR) is 107 cm³/mol. The van der Waals surface area contributed by atoms with E-state index in [0.29, 0.717) is 25.1 Å². The highest BCUT2D eigenvalue weighted by Gasteiger charge is 2.31. The van der Waals surface area contributed by atoms with Gasteiger partial charge in [-0.15, -0.1) is 0 Å². The van der Waals surface area contributed by atoms with Crippen molar-refractivity contribution in [1.82, 2.24) is 19.4 Å². The number of fused-ring (bicyclic) bond motifs is 2. The predicted octanol–water partition coefficient (Wildman–Crippen LogP) is 3.69. The van der Waals surface area contributed by atoms with Gasteiger partial charge in [-0.05, 0) is 19.4 Å². The van der Waals surface area contributed by atoms with Crippen molar-refractivity contribution in [3.8, 4) is 0 Å². The Hall–Kier alpha value is -3.02. The average Bonchev–Trinajstić information content (AvgIpc) is 3.30. The van der Waals surface area contributed by atoms with Crippen LogP contribution in [0.3, 0.4) is 0 Å². The lowest BCUT2D eigenvalue weighted by molar-refractivity contribution is -0.135. The Balaban J connectivity index is 1.68. The molecule has 0 fully saturated rings. The fraction of sp³-hybridized carbons (Fsp3) is 0.364. The van der Waals surface area contributed by atoms with Gasteiger partial charge in [0.2, 0.25) is 5.91 Å². The van der Waals surface area contributed by atoms with E-state index >= 15 is 0 Å². The molecule has 0 spiro atoms. The van der Waals surface area contributed by atoms with Crippen LogP contribution in [0.1, 0.15) is 60.7 Å². The number of ketones is 1. The molecule has 0 saturated carbocycles. The molecule has 1 aromatic carbocycles. The smallest absolute Gasteiger partial charge is 0.246 e. The molecule has 2 aromatic heterocycles. The standard InChI is InChI=1S/C22H24N4O2/c1-4-19(26-12-17(14(3)27)16-8-6-7-9-20(16)26)22(28)25-11-15-10-23-21(5-2)24-18(15)13-25/h6-10,12,19H,4-5,11,13H2,1-3H3. The monoisotopic (exact) mass is 376 g/mol. The van der Waals surface area contributed by atoms with E-state index in [1.165, 1.54) is 0 Å². The molecule has 1 amide bonds. The number of rotatable bonds is 5. The van der Waals surface area contributed by atoms with Crippen molar-refractivity contribution < 1.29 is 9.59 Å². The molecule has 1 aliphatic heterocycles. The topological polar surface area (TPSA) is 68.1 Å². The number of carbonyl (C=O) groups is 2. The Morgan fingerprint density at radius 1 is 1.18 bits per heavy atom. The molecule has 144 valence electrons. The fourth-order valence-electron chi connectivity index (χ4n) is 3.97. The Bertz CT molecular complexity index is 1070. The quantitative estimate of drug-likeness (QED) is 0.637. The minimum atomic E-state index is -0.356. The number of amides is 1. The van der Waals surface area contributed by atoms with Gasteiger partial charge in [-0.1, -0.05) is 32.0 Å². The van der Waals surface area contributed by atoms with Gasteiger partial charge in [-0.2, -0.15) is 0 Å². The SMILES string of the molecule is CCc1ncc2c(n1)CN(C(=O)C(CC)n1cc(C(C)=O)c3ccccc31)C2. The second-order valence-electron chi connectivity index (χ2n) is 7.25. The van der Waals surface area contributed by atoms with E-state index in [0.717, 1.165) is 34.4 Å². The van der Waals surface area contributed by atoms with Gasteiger partial charge in [0.25, 0.3) is 0 Å². The molecule has 6 heteroatoms. The van der Waals surface area contributed by atoms with Crippen LogP contribution < -0.4 is 0 Å². The number of Topliss-reactive ketones (excluding diaryl/α,β-unsaturated/α-hetero) is 1. The number of aromatic nitrogens is 3. The molecule has 3 aromatic rings. The minimum Gasteiger partial charge on any atom is -0.334 e. The van der Waals surface area contributed by atoms with Crippen LogP contribution in [0, 0.1) is 0 Å². The van der Waals surface area contributed by atoms with Crippen molar-refractivity contribution in [3.05, 3.63) is 59.3 Å². The van der Waals surface area contributed by atoms with Gasteiger partial charge < -0.3 is 9.47 Å². The summed E-state index contributed by atoms with van der Waals surface area (Å²) in [6, 6.07) is 7.41. The second kappa shape index (κ2) is 7.19. The Morgan fingerprint density at radius 2 is 1.96 bits per heavy atom. The van der Waals surface area contributed by atoms with E-state index in [9.17, 15) is 9.59 Å². The largest absolute Gasteiger partial charge is 0.334 e. The maximum absolute atomic E-state index is 13.4. The van der Waals surface area contributed by atoms with E-state index in [1.807, 2.05) is 60.0 Å². The van der Waals surface area contributed by atoms with Crippen LogP contribution >= 0.6 is 0 Å². The average molecular weight is 376 g/mol. The molecule has 6 nitrogen and oxygen atoms in total. The first-order chi connectivity index (χ1) is 13.5. The molecule has 1 unspecified atom stereocenters. The number of hydrogen-bond acceptors (Lipinski definition) is 4. The van der Waals surface area contributed by atoms with E-state index in [1.54, 1.807) is 6.92 Å². The molecule has 28 heavy (non-hydrogen) atoms. The summed E-state index contributed by atoms with van der Waals surface area (Å²) in [5, 5.41) is 0.893. The first-order valence-electron chi connectivity index (χ1n) is 9.76. The van der Waals surface area contributed by atoms with Gasteiger partial charge in [0.05, 0.1) is 12.2 Å². The van der Waals surface area contributed by atoms with E-state index in [-0.39, 0.29) is 17.7 Å². The first kappa shape index (κ1) is 18.3. The maximum atomic E-state index is 13.4. The highest BCUT2D eigenvalue weighted by Crippen LogP contribution is 2.30. The molecule has 0 bridgehead atoms. The third-order valence-electron chi connectivity index (χ3n) is 5.46. The molecule has 1 aliphatic rings. The molecule has 3 heterocycles. The number of para-hydroxylation sites is 1. The van der Waals surface area contributed by atoms with Crippen molar-refractivity contribution >= 4 is 22.6 Å². The normalized spacial score (nSPS) is 14.3. The highest BCUT2D eigenvalue weighted by atomic mass is 16.2. The van der Waals surface area contributed by atoms with Gasteiger partial charge in [0.1, 0.15) is 11.9 Å². The van der Waals surface area contributed by atoms with Crippen LogP contribution in [0.4, 0.5) is 0 Å². The summed E-state index contributed by atoms with van der Waals surface area (Å²) in [6.45, 7) is 6.64. The summed E-state index contributed by atoms with van der Waals surface area (Å²) in [6.07, 6.45) is 5.10. The molecular formula is C22H24N4O2. The summed E-state index contributed by atoms with van der Waals surface area (Å²) >= 11 is 0. The van der Waals surface area contributed by atoms with Crippen molar-refractivity contribution in [2.45, 2.75) is 52.7 Å². The van der Waals surface area contributed by atoms with E-state index in [4.69, 9.17) is 0 Å². The second-order valence-corrected chi connectivity index (χ2v) is 7.25. The van der Waals surface area contributed by atoms with Crippen LogP contribution in [0.2, 0.25) is 0 Å². The van der Waals surface area contributed by atoms with Crippen LogP contribution in [-0.2, 0) is 24.3 Å². The van der Waals surface area contributed by atoms with Crippen LogP contribution in [0.25, 0.3) is 10.9 Å².